The minimum atomic E-state index is -3.63. The van der Waals surface area contributed by atoms with Crippen molar-refractivity contribution in [1.29, 1.82) is 0 Å². The summed E-state index contributed by atoms with van der Waals surface area (Å²) in [6.07, 6.45) is 1.74. The molecular formula is C26H40N2O5S2. The van der Waals surface area contributed by atoms with Crippen LogP contribution in [0.5, 0.6) is 11.5 Å². The van der Waals surface area contributed by atoms with Crippen molar-refractivity contribution in [2.45, 2.75) is 52.7 Å². The van der Waals surface area contributed by atoms with Gasteiger partial charge in [0.25, 0.3) is 0 Å². The van der Waals surface area contributed by atoms with Gasteiger partial charge in [-0.1, -0.05) is 38.1 Å². The van der Waals surface area contributed by atoms with Gasteiger partial charge in [0.2, 0.25) is 0 Å². The Bertz CT molecular complexity index is 900. The molecule has 2 N–H and O–H groups in total. The highest BCUT2D eigenvalue weighted by Gasteiger charge is 2.13. The van der Waals surface area contributed by atoms with E-state index in [4.69, 9.17) is 13.7 Å². The summed E-state index contributed by atoms with van der Waals surface area (Å²) in [7, 11) is -2.82. The van der Waals surface area contributed by atoms with E-state index in [0.717, 1.165) is 46.3 Å². The molecule has 0 heterocycles. The Balaban J connectivity index is 1.56. The maximum absolute atomic E-state index is 12.1. The predicted molar refractivity (Wildman–Crippen MR) is 145 cm³/mol. The van der Waals surface area contributed by atoms with Crippen molar-refractivity contribution in [2.24, 2.45) is 0 Å². The number of hydrogen-bond acceptors (Lipinski definition) is 8. The highest BCUT2D eigenvalue weighted by Crippen LogP contribution is 2.17. The average Bonchev–Trinajstić information content (AvgIpc) is 2.82. The largest absolute Gasteiger partial charge is 0.489 e. The molecule has 9 heteroatoms. The molecule has 2 atom stereocenters. The highest BCUT2D eigenvalue weighted by molar-refractivity contribution is 8.70. The summed E-state index contributed by atoms with van der Waals surface area (Å²) in [6.45, 7) is 10.5. The van der Waals surface area contributed by atoms with Gasteiger partial charge in [-0.3, -0.25) is 4.18 Å². The Hall–Kier alpha value is -1.78. The molecule has 0 fully saturated rings. The molecule has 7 nitrogen and oxygen atoms in total. The van der Waals surface area contributed by atoms with E-state index in [0.29, 0.717) is 31.9 Å². The van der Waals surface area contributed by atoms with E-state index in [9.17, 15) is 8.42 Å². The molecule has 0 aromatic heterocycles. The molecule has 0 spiro atoms. The van der Waals surface area contributed by atoms with Crippen LogP contribution in [0.15, 0.2) is 48.5 Å². The molecule has 0 aliphatic carbocycles. The van der Waals surface area contributed by atoms with Crippen molar-refractivity contribution >= 4 is 19.9 Å². The minimum absolute atomic E-state index is 0.00990. The summed E-state index contributed by atoms with van der Waals surface area (Å²) in [5.41, 5.74) is 2.31. The molecule has 196 valence electrons. The first-order chi connectivity index (χ1) is 16.8. The monoisotopic (exact) mass is 524 g/mol. The Kier molecular flexibility index (Phi) is 13.5. The van der Waals surface area contributed by atoms with Gasteiger partial charge in [-0.2, -0.15) is 8.42 Å². The van der Waals surface area contributed by atoms with E-state index in [-0.39, 0.29) is 18.8 Å². The van der Waals surface area contributed by atoms with Gasteiger partial charge in [-0.05, 0) is 72.9 Å². The molecule has 2 rings (SSSR count). The third kappa shape index (κ3) is 12.7. The first kappa shape index (κ1) is 29.5. The molecule has 0 saturated heterocycles. The molecule has 0 saturated carbocycles. The van der Waals surface area contributed by atoms with Gasteiger partial charge in [0.15, 0.2) is 0 Å². The molecule has 0 radical (unpaired) electrons. The first-order valence-electron chi connectivity index (χ1n) is 12.2. The molecule has 0 aliphatic rings. The summed E-state index contributed by atoms with van der Waals surface area (Å²) in [4.78, 5) is 0. The second-order valence-electron chi connectivity index (χ2n) is 8.39. The Morgan fingerprint density at radius 2 is 1.34 bits per heavy atom. The lowest BCUT2D eigenvalue weighted by Gasteiger charge is -2.18. The molecule has 0 bridgehead atoms. The zero-order chi connectivity index (χ0) is 25.5. The molecule has 2 aromatic rings. The highest BCUT2D eigenvalue weighted by atomic mass is 33.1. The summed E-state index contributed by atoms with van der Waals surface area (Å²) in [5, 5.41) is 6.48. The molecule has 0 amide bonds. The number of benzene rings is 2. The van der Waals surface area contributed by atoms with E-state index in [1.165, 1.54) is 0 Å². The van der Waals surface area contributed by atoms with E-state index < -0.39 is 9.15 Å². The van der Waals surface area contributed by atoms with Crippen LogP contribution >= 0.6 is 10.8 Å². The Morgan fingerprint density at radius 1 is 0.829 bits per heavy atom. The second kappa shape index (κ2) is 16.1. The van der Waals surface area contributed by atoms with Gasteiger partial charge < -0.3 is 20.1 Å². The maximum Gasteiger partial charge on any atom is 0.322 e. The molecule has 0 unspecified atom stereocenters. The minimum Gasteiger partial charge on any atom is -0.489 e. The van der Waals surface area contributed by atoms with Gasteiger partial charge in [0.05, 0.1) is 6.61 Å². The van der Waals surface area contributed by atoms with Gasteiger partial charge in [-0.25, -0.2) is 0 Å². The summed E-state index contributed by atoms with van der Waals surface area (Å²) >= 11 is 0. The van der Waals surface area contributed by atoms with Crippen LogP contribution in [-0.2, 0) is 13.3 Å². The number of ether oxygens (including phenoxy) is 2. The van der Waals surface area contributed by atoms with Crippen LogP contribution in [0.3, 0.4) is 0 Å². The lowest BCUT2D eigenvalue weighted by atomic mass is 10.2. The van der Waals surface area contributed by atoms with E-state index >= 15 is 0 Å². The zero-order valence-electron chi connectivity index (χ0n) is 21.3. The maximum atomic E-state index is 12.1. The van der Waals surface area contributed by atoms with Crippen molar-refractivity contribution in [2.75, 3.05) is 38.5 Å². The van der Waals surface area contributed by atoms with Crippen molar-refractivity contribution < 1.29 is 22.1 Å². The van der Waals surface area contributed by atoms with E-state index in [1.54, 1.807) is 0 Å². The van der Waals surface area contributed by atoms with Crippen LogP contribution in [0, 0.1) is 13.8 Å². The number of hydrogen-bond donors (Lipinski definition) is 2. The SMILES string of the molecule is CC[C@@H](CNCCOS(=O)(=O)SCCNC[C@H](CC)Oc1cccc(C)c1)Oc1cccc(C)c1. The topological polar surface area (TPSA) is 85.9 Å². The lowest BCUT2D eigenvalue weighted by Crippen LogP contribution is -2.33. The Labute approximate surface area is 214 Å². The predicted octanol–water partition coefficient (Wildman–Crippen LogP) is 4.49. The smallest absolute Gasteiger partial charge is 0.322 e. The van der Waals surface area contributed by atoms with Gasteiger partial charge in [0, 0.05) is 31.9 Å². The molecule has 35 heavy (non-hydrogen) atoms. The van der Waals surface area contributed by atoms with Gasteiger partial charge in [-0.15, -0.1) is 0 Å². The number of aryl methyl sites for hydroxylation is 2. The van der Waals surface area contributed by atoms with Crippen molar-refractivity contribution in [3.63, 3.8) is 0 Å². The van der Waals surface area contributed by atoms with Crippen LogP contribution in [-0.4, -0.2) is 59.2 Å². The summed E-state index contributed by atoms with van der Waals surface area (Å²) in [6, 6.07) is 15.9. The van der Waals surface area contributed by atoms with Crippen LogP contribution in [0.4, 0.5) is 0 Å². The van der Waals surface area contributed by atoms with E-state index in [2.05, 4.69) is 24.5 Å². The van der Waals surface area contributed by atoms with Crippen LogP contribution in [0.1, 0.15) is 37.8 Å². The number of rotatable bonds is 18. The lowest BCUT2D eigenvalue weighted by molar-refractivity contribution is 0.190. The van der Waals surface area contributed by atoms with Gasteiger partial charge >= 0.3 is 9.15 Å². The van der Waals surface area contributed by atoms with Crippen molar-refractivity contribution in [3.05, 3.63) is 59.7 Å². The van der Waals surface area contributed by atoms with Crippen LogP contribution in [0.2, 0.25) is 0 Å². The van der Waals surface area contributed by atoms with Crippen LogP contribution in [0.25, 0.3) is 0 Å². The molecule has 0 aliphatic heterocycles. The normalized spacial score (nSPS) is 13.4. The Morgan fingerprint density at radius 3 is 1.83 bits per heavy atom. The van der Waals surface area contributed by atoms with Gasteiger partial charge in [0.1, 0.15) is 23.7 Å². The zero-order valence-corrected chi connectivity index (χ0v) is 22.9. The number of nitrogens with one attached hydrogen (secondary N) is 2. The molecular weight excluding hydrogens is 484 g/mol. The first-order valence-corrected chi connectivity index (χ1v) is 15.1. The van der Waals surface area contributed by atoms with Crippen LogP contribution < -0.4 is 20.1 Å². The van der Waals surface area contributed by atoms with Crippen molar-refractivity contribution in [1.82, 2.24) is 10.6 Å². The fourth-order valence-electron chi connectivity index (χ4n) is 3.29. The quantitative estimate of drug-likeness (QED) is 0.218. The standard InChI is InChI=1S/C26H40N2O5S2/c1-5-23(32-25-11-7-9-21(3)17-25)19-27-13-15-31-35(29,30)34-16-14-28-20-24(6-2)33-26-12-8-10-22(4)18-26/h7-12,17-18,23-24,27-28H,5-6,13-16,19-20H2,1-4H3/t23-,24-/m0/s1. The third-order valence-electron chi connectivity index (χ3n) is 5.25. The molecule has 2 aromatic carbocycles. The van der Waals surface area contributed by atoms with Crippen molar-refractivity contribution in [3.8, 4) is 11.5 Å². The average molecular weight is 525 g/mol. The fraction of sp³-hybridized carbons (Fsp3) is 0.538. The third-order valence-corrected chi connectivity index (χ3v) is 8.02. The fourth-order valence-corrected chi connectivity index (χ4v) is 5.35. The summed E-state index contributed by atoms with van der Waals surface area (Å²) in [5.74, 6) is 2.10. The second-order valence-corrected chi connectivity index (χ2v) is 12.0. The van der Waals surface area contributed by atoms with E-state index in [1.807, 2.05) is 62.4 Å². The summed E-state index contributed by atoms with van der Waals surface area (Å²) < 4.78 is 41.3.